The molecule has 2 aromatic rings. The highest BCUT2D eigenvalue weighted by Gasteiger charge is 2.31. The third-order valence-electron chi connectivity index (χ3n) is 4.07. The van der Waals surface area contributed by atoms with Gasteiger partial charge < -0.3 is 5.32 Å². The van der Waals surface area contributed by atoms with Gasteiger partial charge in [-0.25, -0.2) is 4.98 Å². The van der Waals surface area contributed by atoms with Gasteiger partial charge in [0.1, 0.15) is 0 Å². The van der Waals surface area contributed by atoms with Crippen molar-refractivity contribution in [2.24, 2.45) is 0 Å². The van der Waals surface area contributed by atoms with Crippen molar-refractivity contribution in [2.45, 2.75) is 52.0 Å². The van der Waals surface area contributed by atoms with Crippen molar-refractivity contribution in [3.05, 3.63) is 52.0 Å². The quantitative estimate of drug-likeness (QED) is 0.823. The molecule has 1 aromatic heterocycles. The number of aryl methyl sites for hydroxylation is 1. The lowest BCUT2D eigenvalue weighted by Gasteiger charge is -2.34. The maximum Gasteiger partial charge on any atom is 0.0937 e. The Balaban J connectivity index is 2.31. The van der Waals surface area contributed by atoms with Crippen LogP contribution in [0.25, 0.3) is 0 Å². The van der Waals surface area contributed by atoms with E-state index in [0.29, 0.717) is 6.04 Å². The molecule has 0 saturated heterocycles. The Morgan fingerprint density at radius 1 is 1.24 bits per heavy atom. The molecule has 0 fully saturated rings. The van der Waals surface area contributed by atoms with Gasteiger partial charge in [-0.2, -0.15) is 0 Å². The largest absolute Gasteiger partial charge is 0.314 e. The minimum atomic E-state index is 0.121. The van der Waals surface area contributed by atoms with Crippen LogP contribution in [0.3, 0.4) is 0 Å². The molecule has 1 unspecified atom stereocenters. The van der Waals surface area contributed by atoms with Crippen LogP contribution in [0.4, 0.5) is 0 Å². The van der Waals surface area contributed by atoms with E-state index in [-0.39, 0.29) is 5.41 Å². The van der Waals surface area contributed by atoms with Crippen molar-refractivity contribution >= 4 is 11.3 Å². The number of nitrogens with one attached hydrogen (secondary N) is 1. The Morgan fingerprint density at radius 3 is 2.48 bits per heavy atom. The van der Waals surface area contributed by atoms with Crippen LogP contribution in [0.1, 0.15) is 43.5 Å². The van der Waals surface area contributed by atoms with E-state index in [1.54, 1.807) is 11.3 Å². The van der Waals surface area contributed by atoms with E-state index >= 15 is 0 Å². The first-order chi connectivity index (χ1) is 10.1. The fraction of sp³-hybridized carbons (Fsp3) is 0.500. The van der Waals surface area contributed by atoms with Crippen LogP contribution in [0.15, 0.2) is 35.7 Å². The van der Waals surface area contributed by atoms with Gasteiger partial charge in [0.2, 0.25) is 0 Å². The Kier molecular flexibility index (Phi) is 5.54. The summed E-state index contributed by atoms with van der Waals surface area (Å²) < 4.78 is 0. The molecule has 2 nitrogen and oxygen atoms in total. The van der Waals surface area contributed by atoms with Gasteiger partial charge in [0.25, 0.3) is 0 Å². The minimum absolute atomic E-state index is 0.121. The summed E-state index contributed by atoms with van der Waals surface area (Å²) in [5.41, 5.74) is 2.66. The Bertz CT molecular complexity index is 547. The molecule has 3 heteroatoms. The molecular formula is C18H26N2S. The van der Waals surface area contributed by atoms with Gasteiger partial charge in [0.15, 0.2) is 0 Å². The van der Waals surface area contributed by atoms with E-state index in [4.69, 9.17) is 0 Å². The van der Waals surface area contributed by atoms with Crippen molar-refractivity contribution in [1.82, 2.24) is 10.3 Å². The van der Waals surface area contributed by atoms with E-state index in [2.05, 4.69) is 73.7 Å². The van der Waals surface area contributed by atoms with Crippen LogP contribution in [0.2, 0.25) is 0 Å². The molecule has 2 rings (SSSR count). The fourth-order valence-electron chi connectivity index (χ4n) is 2.69. The molecule has 0 aliphatic rings. The summed E-state index contributed by atoms with van der Waals surface area (Å²) in [6, 6.07) is 11.4. The van der Waals surface area contributed by atoms with Crippen molar-refractivity contribution in [3.8, 4) is 0 Å². The van der Waals surface area contributed by atoms with E-state index < -0.39 is 0 Å². The number of rotatable bonds is 7. The lowest BCUT2D eigenvalue weighted by molar-refractivity contribution is 0.362. The SMILES string of the molecule is CCC(CNC(C)C)(Cc1nc(C)cs1)c1ccccc1. The Morgan fingerprint density at radius 2 is 1.95 bits per heavy atom. The first kappa shape index (κ1) is 16.2. The van der Waals surface area contributed by atoms with Crippen LogP contribution >= 0.6 is 11.3 Å². The number of nitrogens with zero attached hydrogens (tertiary/aromatic N) is 1. The highest BCUT2D eigenvalue weighted by Crippen LogP contribution is 2.32. The molecule has 0 spiro atoms. The topological polar surface area (TPSA) is 24.9 Å². The maximum atomic E-state index is 4.69. The summed E-state index contributed by atoms with van der Waals surface area (Å²) in [6.45, 7) is 9.76. The molecule has 1 aromatic carbocycles. The Hall–Kier alpha value is -1.19. The van der Waals surface area contributed by atoms with Crippen LogP contribution in [0.5, 0.6) is 0 Å². The predicted octanol–water partition coefficient (Wildman–Crippen LogP) is 4.34. The number of hydrogen-bond donors (Lipinski definition) is 1. The van der Waals surface area contributed by atoms with E-state index in [0.717, 1.165) is 25.1 Å². The van der Waals surface area contributed by atoms with Gasteiger partial charge in [-0.1, -0.05) is 51.1 Å². The van der Waals surface area contributed by atoms with Gasteiger partial charge in [-0.3, -0.25) is 0 Å². The summed E-state index contributed by atoms with van der Waals surface area (Å²) in [6.07, 6.45) is 2.11. The van der Waals surface area contributed by atoms with Gasteiger partial charge in [0.05, 0.1) is 5.01 Å². The van der Waals surface area contributed by atoms with Crippen LogP contribution in [0, 0.1) is 6.92 Å². The molecule has 1 N–H and O–H groups in total. The third kappa shape index (κ3) is 4.14. The second-order valence-corrected chi connectivity index (χ2v) is 7.04. The average Bonchev–Trinajstić information content (AvgIpc) is 2.89. The second-order valence-electron chi connectivity index (χ2n) is 6.09. The summed E-state index contributed by atoms with van der Waals surface area (Å²) in [5, 5.41) is 7.03. The first-order valence-corrected chi connectivity index (χ1v) is 8.63. The van der Waals surface area contributed by atoms with Crippen molar-refractivity contribution in [2.75, 3.05) is 6.54 Å². The zero-order chi connectivity index (χ0) is 15.3. The van der Waals surface area contributed by atoms with Crippen LogP contribution < -0.4 is 5.32 Å². The molecule has 0 saturated carbocycles. The summed E-state index contributed by atoms with van der Waals surface area (Å²) in [7, 11) is 0. The molecule has 0 bridgehead atoms. The molecule has 114 valence electrons. The average molecular weight is 302 g/mol. The number of hydrogen-bond acceptors (Lipinski definition) is 3. The number of thiazole rings is 1. The molecule has 0 aliphatic heterocycles. The molecule has 0 radical (unpaired) electrons. The highest BCUT2D eigenvalue weighted by atomic mass is 32.1. The predicted molar refractivity (Wildman–Crippen MR) is 92.1 cm³/mol. The van der Waals surface area contributed by atoms with Gasteiger partial charge in [-0.15, -0.1) is 11.3 Å². The molecule has 0 aliphatic carbocycles. The van der Waals surface area contributed by atoms with E-state index in [9.17, 15) is 0 Å². The van der Waals surface area contributed by atoms with Gasteiger partial charge in [0, 0.05) is 35.5 Å². The van der Waals surface area contributed by atoms with Crippen molar-refractivity contribution in [1.29, 1.82) is 0 Å². The van der Waals surface area contributed by atoms with Crippen molar-refractivity contribution in [3.63, 3.8) is 0 Å². The number of aromatic nitrogens is 1. The smallest absolute Gasteiger partial charge is 0.0937 e. The maximum absolute atomic E-state index is 4.69. The molecular weight excluding hydrogens is 276 g/mol. The number of benzene rings is 1. The summed E-state index contributed by atoms with van der Waals surface area (Å²) in [4.78, 5) is 4.69. The highest BCUT2D eigenvalue weighted by molar-refractivity contribution is 7.09. The van der Waals surface area contributed by atoms with E-state index in [1.165, 1.54) is 10.6 Å². The molecule has 1 atom stereocenters. The third-order valence-corrected chi connectivity index (χ3v) is 5.03. The van der Waals surface area contributed by atoms with Crippen molar-refractivity contribution < 1.29 is 0 Å². The summed E-state index contributed by atoms with van der Waals surface area (Å²) in [5.74, 6) is 0. The monoisotopic (exact) mass is 302 g/mol. The zero-order valence-corrected chi connectivity index (χ0v) is 14.3. The molecule has 0 amide bonds. The van der Waals surface area contributed by atoms with Gasteiger partial charge >= 0.3 is 0 Å². The van der Waals surface area contributed by atoms with Gasteiger partial charge in [-0.05, 0) is 18.9 Å². The lowest BCUT2D eigenvalue weighted by atomic mass is 9.75. The summed E-state index contributed by atoms with van der Waals surface area (Å²) >= 11 is 1.78. The zero-order valence-electron chi connectivity index (χ0n) is 13.5. The Labute approximate surface area is 132 Å². The van der Waals surface area contributed by atoms with Crippen LogP contribution in [-0.4, -0.2) is 17.6 Å². The standard InChI is InChI=1S/C18H26N2S/c1-5-18(13-19-14(2)3,16-9-7-6-8-10-16)11-17-20-15(4)12-21-17/h6-10,12,14,19H,5,11,13H2,1-4H3. The van der Waals surface area contributed by atoms with E-state index in [1.807, 2.05) is 0 Å². The minimum Gasteiger partial charge on any atom is -0.314 e. The first-order valence-electron chi connectivity index (χ1n) is 7.75. The fourth-order valence-corrected chi connectivity index (χ4v) is 3.60. The van der Waals surface area contributed by atoms with Crippen LogP contribution in [-0.2, 0) is 11.8 Å². The second kappa shape index (κ2) is 7.19. The lowest BCUT2D eigenvalue weighted by Crippen LogP contribution is -2.42. The molecule has 21 heavy (non-hydrogen) atoms. The normalized spacial score (nSPS) is 14.3. The molecule has 1 heterocycles.